The van der Waals surface area contributed by atoms with Crippen molar-refractivity contribution in [3.05, 3.63) is 46.7 Å². The highest BCUT2D eigenvalue weighted by atomic mass is 79.9. The van der Waals surface area contributed by atoms with Gasteiger partial charge in [-0.15, -0.1) is 6.58 Å². The zero-order valence-electron chi connectivity index (χ0n) is 8.76. The quantitative estimate of drug-likeness (QED) is 0.803. The molecule has 0 bridgehead atoms. The van der Waals surface area contributed by atoms with Gasteiger partial charge >= 0.3 is 0 Å². The largest absolute Gasteiger partial charge is 0.307 e. The Balaban J connectivity index is 2.82. The summed E-state index contributed by atoms with van der Waals surface area (Å²) in [5.41, 5.74) is 0.902. The van der Waals surface area contributed by atoms with Crippen LogP contribution >= 0.6 is 15.9 Å². The summed E-state index contributed by atoms with van der Waals surface area (Å²) in [6, 6.07) is 5.16. The molecule has 15 heavy (non-hydrogen) atoms. The molecule has 0 spiro atoms. The van der Waals surface area contributed by atoms with Crippen molar-refractivity contribution in [2.24, 2.45) is 0 Å². The van der Waals surface area contributed by atoms with Crippen LogP contribution in [0, 0.1) is 5.82 Å². The molecule has 3 heteroatoms. The molecule has 1 atom stereocenters. The van der Waals surface area contributed by atoms with Crippen LogP contribution in [-0.4, -0.2) is 6.54 Å². The van der Waals surface area contributed by atoms with Crippen molar-refractivity contribution >= 4 is 15.9 Å². The van der Waals surface area contributed by atoms with E-state index in [-0.39, 0.29) is 11.9 Å². The van der Waals surface area contributed by atoms with Crippen LogP contribution in [0.25, 0.3) is 0 Å². The number of halogens is 2. The maximum atomic E-state index is 13.3. The summed E-state index contributed by atoms with van der Waals surface area (Å²) < 4.78 is 13.8. The lowest BCUT2D eigenvalue weighted by molar-refractivity contribution is 0.593. The summed E-state index contributed by atoms with van der Waals surface area (Å²) in [6.45, 7) is 6.74. The van der Waals surface area contributed by atoms with Crippen molar-refractivity contribution in [3.63, 3.8) is 0 Å². The molecular formula is C12H15BrFN. The highest BCUT2D eigenvalue weighted by Crippen LogP contribution is 2.21. The van der Waals surface area contributed by atoms with Gasteiger partial charge in [-0.25, -0.2) is 4.39 Å². The number of benzene rings is 1. The Labute approximate surface area is 98.5 Å². The Bertz CT molecular complexity index is 338. The zero-order chi connectivity index (χ0) is 11.3. The SMILES string of the molecule is C=CC(NCCC)c1ccc(Br)c(F)c1. The lowest BCUT2D eigenvalue weighted by Crippen LogP contribution is -2.20. The standard InChI is InChI=1S/C12H15BrFN/c1-3-7-15-12(4-2)9-5-6-10(13)11(14)8-9/h4-6,8,12,15H,2-3,7H2,1H3. The maximum absolute atomic E-state index is 13.3. The van der Waals surface area contributed by atoms with E-state index < -0.39 is 0 Å². The first-order valence-electron chi connectivity index (χ1n) is 5.00. The number of rotatable bonds is 5. The number of hydrogen-bond acceptors (Lipinski definition) is 1. The van der Waals surface area contributed by atoms with Crippen molar-refractivity contribution in [2.75, 3.05) is 6.54 Å². The summed E-state index contributed by atoms with van der Waals surface area (Å²) in [5.74, 6) is -0.238. The lowest BCUT2D eigenvalue weighted by Gasteiger charge is -2.14. The molecule has 1 nitrogen and oxygen atoms in total. The van der Waals surface area contributed by atoms with E-state index in [1.54, 1.807) is 12.1 Å². The van der Waals surface area contributed by atoms with Crippen LogP contribution in [0.5, 0.6) is 0 Å². The van der Waals surface area contributed by atoms with E-state index in [0.717, 1.165) is 18.5 Å². The van der Waals surface area contributed by atoms with E-state index >= 15 is 0 Å². The molecule has 0 aliphatic carbocycles. The molecule has 82 valence electrons. The first-order chi connectivity index (χ1) is 7.19. The van der Waals surface area contributed by atoms with Gasteiger partial charge in [0, 0.05) is 0 Å². The third-order valence-corrected chi connectivity index (χ3v) is 2.80. The average molecular weight is 272 g/mol. The third kappa shape index (κ3) is 3.43. The van der Waals surface area contributed by atoms with Crippen LogP contribution < -0.4 is 5.32 Å². The fourth-order valence-electron chi connectivity index (χ4n) is 1.34. The average Bonchev–Trinajstić information content (AvgIpc) is 2.24. The van der Waals surface area contributed by atoms with E-state index in [0.29, 0.717) is 4.47 Å². The molecular weight excluding hydrogens is 257 g/mol. The zero-order valence-corrected chi connectivity index (χ0v) is 10.3. The Morgan fingerprint density at radius 1 is 1.60 bits per heavy atom. The van der Waals surface area contributed by atoms with Crippen molar-refractivity contribution in [1.29, 1.82) is 0 Å². The fourth-order valence-corrected chi connectivity index (χ4v) is 1.59. The van der Waals surface area contributed by atoms with Gasteiger partial charge in [-0.2, -0.15) is 0 Å². The summed E-state index contributed by atoms with van der Waals surface area (Å²) in [4.78, 5) is 0. The molecule has 1 unspecified atom stereocenters. The Hall–Kier alpha value is -0.670. The minimum atomic E-state index is -0.238. The van der Waals surface area contributed by atoms with Crippen LogP contribution in [0.2, 0.25) is 0 Å². The van der Waals surface area contributed by atoms with Gasteiger partial charge in [0.1, 0.15) is 5.82 Å². The molecule has 0 aliphatic heterocycles. The first-order valence-corrected chi connectivity index (χ1v) is 5.79. The summed E-state index contributed by atoms with van der Waals surface area (Å²) in [7, 11) is 0. The Kier molecular flexibility index (Phi) is 4.99. The molecule has 0 saturated carbocycles. The predicted molar refractivity (Wildman–Crippen MR) is 65.3 cm³/mol. The van der Waals surface area contributed by atoms with E-state index in [9.17, 15) is 4.39 Å². The van der Waals surface area contributed by atoms with Gasteiger partial charge in [0.15, 0.2) is 0 Å². The molecule has 0 heterocycles. The predicted octanol–water partition coefficient (Wildman–Crippen LogP) is 3.81. The van der Waals surface area contributed by atoms with E-state index in [1.807, 2.05) is 6.07 Å². The van der Waals surface area contributed by atoms with Crippen LogP contribution in [0.3, 0.4) is 0 Å². The number of hydrogen-bond donors (Lipinski definition) is 1. The molecule has 1 aromatic carbocycles. The van der Waals surface area contributed by atoms with Crippen LogP contribution in [0.15, 0.2) is 35.3 Å². The molecule has 0 saturated heterocycles. The fraction of sp³-hybridized carbons (Fsp3) is 0.333. The molecule has 1 rings (SSSR count). The topological polar surface area (TPSA) is 12.0 Å². The molecule has 0 fully saturated rings. The minimum Gasteiger partial charge on any atom is -0.307 e. The maximum Gasteiger partial charge on any atom is 0.137 e. The second-order valence-electron chi connectivity index (χ2n) is 3.34. The van der Waals surface area contributed by atoms with Crippen LogP contribution in [0.4, 0.5) is 4.39 Å². The normalized spacial score (nSPS) is 12.5. The summed E-state index contributed by atoms with van der Waals surface area (Å²) in [5, 5.41) is 3.28. The lowest BCUT2D eigenvalue weighted by atomic mass is 10.1. The van der Waals surface area contributed by atoms with Crippen molar-refractivity contribution in [3.8, 4) is 0 Å². The van der Waals surface area contributed by atoms with Crippen molar-refractivity contribution in [2.45, 2.75) is 19.4 Å². The molecule has 0 radical (unpaired) electrons. The van der Waals surface area contributed by atoms with Gasteiger partial charge in [-0.1, -0.05) is 19.1 Å². The smallest absolute Gasteiger partial charge is 0.137 e. The van der Waals surface area contributed by atoms with Crippen molar-refractivity contribution in [1.82, 2.24) is 5.32 Å². The van der Waals surface area contributed by atoms with E-state index in [2.05, 4.69) is 34.7 Å². The van der Waals surface area contributed by atoms with Gasteiger partial charge in [-0.3, -0.25) is 0 Å². The summed E-state index contributed by atoms with van der Waals surface area (Å²) >= 11 is 3.13. The highest BCUT2D eigenvalue weighted by molar-refractivity contribution is 9.10. The summed E-state index contributed by atoms with van der Waals surface area (Å²) in [6.07, 6.45) is 2.84. The minimum absolute atomic E-state index is 0.0209. The molecule has 1 aromatic rings. The number of nitrogens with one attached hydrogen (secondary N) is 1. The highest BCUT2D eigenvalue weighted by Gasteiger charge is 2.08. The molecule has 0 amide bonds. The van der Waals surface area contributed by atoms with Gasteiger partial charge in [0.05, 0.1) is 10.5 Å². The first kappa shape index (κ1) is 12.4. The van der Waals surface area contributed by atoms with Crippen LogP contribution in [0.1, 0.15) is 24.9 Å². The van der Waals surface area contributed by atoms with Crippen molar-refractivity contribution < 1.29 is 4.39 Å². The van der Waals surface area contributed by atoms with Gasteiger partial charge in [0.25, 0.3) is 0 Å². The Morgan fingerprint density at radius 2 is 2.33 bits per heavy atom. The second kappa shape index (κ2) is 6.03. The Morgan fingerprint density at radius 3 is 2.87 bits per heavy atom. The monoisotopic (exact) mass is 271 g/mol. The molecule has 0 aliphatic rings. The third-order valence-electron chi connectivity index (χ3n) is 2.15. The van der Waals surface area contributed by atoms with Gasteiger partial charge < -0.3 is 5.32 Å². The van der Waals surface area contributed by atoms with Crippen LogP contribution in [-0.2, 0) is 0 Å². The van der Waals surface area contributed by atoms with Gasteiger partial charge in [-0.05, 0) is 46.6 Å². The molecule has 0 aromatic heterocycles. The second-order valence-corrected chi connectivity index (χ2v) is 4.20. The molecule has 1 N–H and O–H groups in total. The van der Waals surface area contributed by atoms with E-state index in [1.165, 1.54) is 6.07 Å². The van der Waals surface area contributed by atoms with E-state index in [4.69, 9.17) is 0 Å². The van der Waals surface area contributed by atoms with Gasteiger partial charge in [0.2, 0.25) is 0 Å².